The van der Waals surface area contributed by atoms with Crippen molar-refractivity contribution in [2.45, 2.75) is 39.5 Å². The molecular formula is C17H20N2O5. The molecule has 7 heteroatoms. The predicted molar refractivity (Wildman–Crippen MR) is 85.2 cm³/mol. The van der Waals surface area contributed by atoms with E-state index >= 15 is 0 Å². The van der Waals surface area contributed by atoms with Gasteiger partial charge >= 0.3 is 6.09 Å². The molecule has 3 amide bonds. The lowest BCUT2D eigenvalue weighted by molar-refractivity contribution is -0.138. The van der Waals surface area contributed by atoms with E-state index in [2.05, 4.69) is 0 Å². The smallest absolute Gasteiger partial charge is 0.410 e. The number of amides is 3. The minimum atomic E-state index is -0.552. The Kier molecular flexibility index (Phi) is 4.04. The maximum Gasteiger partial charge on any atom is 0.410 e. The van der Waals surface area contributed by atoms with Gasteiger partial charge in [0.2, 0.25) is 0 Å². The first-order valence-electron chi connectivity index (χ1n) is 7.78. The molecule has 0 unspecified atom stereocenters. The highest BCUT2D eigenvalue weighted by Crippen LogP contribution is 2.29. The fraction of sp³-hybridized carbons (Fsp3) is 0.471. The number of fused-ring (bicyclic) bond motifs is 1. The van der Waals surface area contributed by atoms with Crippen molar-refractivity contribution in [3.8, 4) is 0 Å². The monoisotopic (exact) mass is 332 g/mol. The molecule has 0 spiro atoms. The molecule has 2 heterocycles. The predicted octanol–water partition coefficient (Wildman–Crippen LogP) is 1.83. The molecule has 7 nitrogen and oxygen atoms in total. The number of anilines is 1. The standard InChI is InChI=1S/C17H20N2O5/c1-17(2,3)24-16(22)18-7-11-4-5-13(6-12(11)8-18)19-14(20)9-23-10-15(19)21/h4-6H,7-10H2,1-3H3. The van der Waals surface area contributed by atoms with Crippen molar-refractivity contribution >= 4 is 23.6 Å². The molecule has 0 saturated carbocycles. The van der Waals surface area contributed by atoms with E-state index in [4.69, 9.17) is 9.47 Å². The lowest BCUT2D eigenvalue weighted by atomic mass is 10.1. The Morgan fingerprint density at radius 1 is 1.08 bits per heavy atom. The number of carbonyl (C=O) groups is 3. The molecule has 0 bridgehead atoms. The number of ether oxygens (including phenoxy) is 2. The first-order chi connectivity index (χ1) is 11.2. The van der Waals surface area contributed by atoms with Gasteiger partial charge in [0.25, 0.3) is 11.8 Å². The first kappa shape index (κ1) is 16.4. The van der Waals surface area contributed by atoms with Crippen molar-refractivity contribution in [1.82, 2.24) is 4.90 Å². The maximum absolute atomic E-state index is 12.2. The number of rotatable bonds is 1. The third kappa shape index (κ3) is 3.26. The summed E-state index contributed by atoms with van der Waals surface area (Å²) < 4.78 is 10.3. The molecule has 2 aliphatic heterocycles. The van der Waals surface area contributed by atoms with E-state index in [0.717, 1.165) is 16.0 Å². The lowest BCUT2D eigenvalue weighted by Crippen LogP contribution is -2.46. The van der Waals surface area contributed by atoms with Crippen molar-refractivity contribution in [2.24, 2.45) is 0 Å². The van der Waals surface area contributed by atoms with Crippen LogP contribution in [0.25, 0.3) is 0 Å². The summed E-state index contributed by atoms with van der Waals surface area (Å²) in [4.78, 5) is 38.8. The normalized spacial score (nSPS) is 18.0. The van der Waals surface area contributed by atoms with E-state index in [1.54, 1.807) is 17.0 Å². The SMILES string of the molecule is CC(C)(C)OC(=O)N1Cc2ccc(N3C(=O)COCC3=O)cc2C1. The zero-order valence-corrected chi connectivity index (χ0v) is 14.0. The second-order valence-corrected chi connectivity index (χ2v) is 6.91. The molecule has 0 aromatic heterocycles. The van der Waals surface area contributed by atoms with Crippen LogP contribution >= 0.6 is 0 Å². The topological polar surface area (TPSA) is 76.2 Å². The van der Waals surface area contributed by atoms with E-state index in [1.165, 1.54) is 0 Å². The molecule has 1 fully saturated rings. The van der Waals surface area contributed by atoms with E-state index < -0.39 is 5.60 Å². The van der Waals surface area contributed by atoms with Crippen molar-refractivity contribution in [2.75, 3.05) is 18.1 Å². The molecule has 3 rings (SSSR count). The molecule has 0 radical (unpaired) electrons. The van der Waals surface area contributed by atoms with E-state index in [1.807, 2.05) is 26.8 Å². The summed E-state index contributed by atoms with van der Waals surface area (Å²) >= 11 is 0. The summed E-state index contributed by atoms with van der Waals surface area (Å²) in [6.45, 7) is 6.10. The van der Waals surface area contributed by atoms with Gasteiger partial charge in [0.1, 0.15) is 18.8 Å². The fourth-order valence-corrected chi connectivity index (χ4v) is 2.76. The number of nitrogens with zero attached hydrogens (tertiary/aromatic N) is 2. The molecule has 0 atom stereocenters. The van der Waals surface area contributed by atoms with Crippen LogP contribution in [-0.2, 0) is 32.2 Å². The fourth-order valence-electron chi connectivity index (χ4n) is 2.76. The molecule has 2 aliphatic rings. The van der Waals surface area contributed by atoms with E-state index in [0.29, 0.717) is 18.8 Å². The Hall–Kier alpha value is -2.41. The van der Waals surface area contributed by atoms with Crippen LogP contribution < -0.4 is 4.90 Å². The summed E-state index contributed by atoms with van der Waals surface area (Å²) in [5.41, 5.74) is 1.85. The summed E-state index contributed by atoms with van der Waals surface area (Å²) in [6, 6.07) is 5.34. The van der Waals surface area contributed by atoms with Crippen LogP contribution in [-0.4, -0.2) is 41.6 Å². The molecule has 1 aromatic carbocycles. The van der Waals surface area contributed by atoms with Crippen molar-refractivity contribution in [3.05, 3.63) is 29.3 Å². The van der Waals surface area contributed by atoms with Crippen LogP contribution in [0.4, 0.5) is 10.5 Å². The summed E-state index contributed by atoms with van der Waals surface area (Å²) in [6.07, 6.45) is -0.376. The van der Waals surface area contributed by atoms with E-state index in [-0.39, 0.29) is 31.1 Å². The van der Waals surface area contributed by atoms with Gasteiger partial charge in [0, 0.05) is 13.1 Å². The summed E-state index contributed by atoms with van der Waals surface area (Å²) in [7, 11) is 0. The third-order valence-electron chi connectivity index (χ3n) is 3.77. The Balaban J connectivity index is 1.78. The van der Waals surface area contributed by atoms with Crippen molar-refractivity contribution < 1.29 is 23.9 Å². The molecule has 0 aliphatic carbocycles. The highest BCUT2D eigenvalue weighted by molar-refractivity contribution is 6.17. The minimum absolute atomic E-state index is 0.104. The highest BCUT2D eigenvalue weighted by Gasteiger charge is 2.31. The zero-order valence-electron chi connectivity index (χ0n) is 14.0. The van der Waals surface area contributed by atoms with Crippen LogP contribution in [0.2, 0.25) is 0 Å². The average Bonchev–Trinajstić information content (AvgIpc) is 2.88. The number of hydrogen-bond acceptors (Lipinski definition) is 5. The van der Waals surface area contributed by atoms with E-state index in [9.17, 15) is 14.4 Å². The van der Waals surface area contributed by atoms with Gasteiger partial charge in [-0.25, -0.2) is 9.69 Å². The Morgan fingerprint density at radius 2 is 1.71 bits per heavy atom. The first-order valence-corrected chi connectivity index (χ1v) is 7.78. The van der Waals surface area contributed by atoms with Crippen LogP contribution in [0.15, 0.2) is 18.2 Å². The quantitative estimate of drug-likeness (QED) is 0.733. The van der Waals surface area contributed by atoms with Gasteiger partial charge in [-0.1, -0.05) is 6.07 Å². The second-order valence-electron chi connectivity index (χ2n) is 6.91. The number of hydrogen-bond donors (Lipinski definition) is 0. The van der Waals surface area contributed by atoms with Crippen LogP contribution in [0.5, 0.6) is 0 Å². The van der Waals surface area contributed by atoms with Gasteiger partial charge in [0.05, 0.1) is 5.69 Å². The zero-order chi connectivity index (χ0) is 17.5. The van der Waals surface area contributed by atoms with Gasteiger partial charge in [-0.15, -0.1) is 0 Å². The molecule has 0 N–H and O–H groups in total. The number of morpholine rings is 1. The minimum Gasteiger partial charge on any atom is -0.444 e. The number of imide groups is 1. The second kappa shape index (κ2) is 5.90. The highest BCUT2D eigenvalue weighted by atomic mass is 16.6. The molecule has 24 heavy (non-hydrogen) atoms. The van der Waals surface area contributed by atoms with Gasteiger partial charge in [-0.2, -0.15) is 0 Å². The molecule has 1 aromatic rings. The van der Waals surface area contributed by atoms with Gasteiger partial charge in [0.15, 0.2) is 0 Å². The van der Waals surface area contributed by atoms with Gasteiger partial charge in [-0.3, -0.25) is 14.5 Å². The van der Waals surface area contributed by atoms with Crippen molar-refractivity contribution in [3.63, 3.8) is 0 Å². The van der Waals surface area contributed by atoms with Crippen LogP contribution in [0.3, 0.4) is 0 Å². The number of benzene rings is 1. The van der Waals surface area contributed by atoms with Gasteiger partial charge < -0.3 is 9.47 Å². The van der Waals surface area contributed by atoms with Crippen LogP contribution in [0.1, 0.15) is 31.9 Å². The largest absolute Gasteiger partial charge is 0.444 e. The average molecular weight is 332 g/mol. The van der Waals surface area contributed by atoms with Crippen molar-refractivity contribution in [1.29, 1.82) is 0 Å². The van der Waals surface area contributed by atoms with Gasteiger partial charge in [-0.05, 0) is 44.0 Å². The molecule has 1 saturated heterocycles. The number of carbonyl (C=O) groups excluding carboxylic acids is 3. The van der Waals surface area contributed by atoms with Crippen LogP contribution in [0, 0.1) is 0 Å². The maximum atomic E-state index is 12.2. The lowest BCUT2D eigenvalue weighted by Gasteiger charge is -2.25. The third-order valence-corrected chi connectivity index (χ3v) is 3.77. The summed E-state index contributed by atoms with van der Waals surface area (Å²) in [5, 5.41) is 0. The Morgan fingerprint density at radius 3 is 2.33 bits per heavy atom. The Bertz CT molecular complexity index is 691. The summed E-state index contributed by atoms with van der Waals surface area (Å²) in [5.74, 6) is -0.763. The molecular weight excluding hydrogens is 312 g/mol. The Labute approximate surface area is 140 Å². The molecule has 128 valence electrons.